The summed E-state index contributed by atoms with van der Waals surface area (Å²) in [6.45, 7) is 0.760. The van der Waals surface area contributed by atoms with Gasteiger partial charge in [0.05, 0.1) is 7.11 Å². The maximum atomic E-state index is 12.2. The number of hydrogen-bond donors (Lipinski definition) is 1. The van der Waals surface area contributed by atoms with Crippen molar-refractivity contribution >= 4 is 23.2 Å². The zero-order valence-corrected chi connectivity index (χ0v) is 13.6. The van der Waals surface area contributed by atoms with Crippen LogP contribution in [0, 0.1) is 0 Å². The van der Waals surface area contributed by atoms with E-state index in [2.05, 4.69) is 5.32 Å². The summed E-state index contributed by atoms with van der Waals surface area (Å²) >= 11 is 0. The van der Waals surface area contributed by atoms with Crippen LogP contribution in [0.1, 0.15) is 29.6 Å². The van der Waals surface area contributed by atoms with Crippen LogP contribution in [-0.2, 0) is 4.79 Å². The summed E-state index contributed by atoms with van der Waals surface area (Å²) in [5.74, 6) is 0.692. The first-order valence-electron chi connectivity index (χ1n) is 8.03. The highest BCUT2D eigenvalue weighted by molar-refractivity contribution is 6.04. The fourth-order valence-corrected chi connectivity index (χ4v) is 2.75. The predicted molar refractivity (Wildman–Crippen MR) is 93.6 cm³/mol. The molecule has 2 amide bonds. The van der Waals surface area contributed by atoms with Crippen molar-refractivity contribution in [2.45, 2.75) is 19.3 Å². The number of benzene rings is 2. The summed E-state index contributed by atoms with van der Waals surface area (Å²) in [6.07, 6.45) is 2.60. The van der Waals surface area contributed by atoms with E-state index in [4.69, 9.17) is 4.74 Å². The highest BCUT2D eigenvalue weighted by Gasteiger charge is 2.19. The van der Waals surface area contributed by atoms with Gasteiger partial charge < -0.3 is 15.0 Å². The molecule has 0 unspecified atom stereocenters. The molecule has 1 aliphatic rings. The lowest BCUT2D eigenvalue weighted by molar-refractivity contribution is -0.119. The molecule has 0 radical (unpaired) electrons. The zero-order chi connectivity index (χ0) is 16.9. The Morgan fingerprint density at radius 1 is 1.04 bits per heavy atom. The zero-order valence-electron chi connectivity index (χ0n) is 13.6. The Morgan fingerprint density at radius 3 is 2.38 bits per heavy atom. The number of piperidine rings is 1. The maximum Gasteiger partial charge on any atom is 0.255 e. The van der Waals surface area contributed by atoms with E-state index >= 15 is 0 Å². The van der Waals surface area contributed by atoms with Crippen molar-refractivity contribution in [3.63, 3.8) is 0 Å². The standard InChI is InChI=1S/C19H20N2O3/c1-24-17-11-5-14(6-12-17)19(23)20-15-7-9-16(10-8-15)21-13-3-2-4-18(21)22/h5-12H,2-4,13H2,1H3,(H,20,23). The molecule has 0 spiro atoms. The van der Waals surface area contributed by atoms with Crippen molar-refractivity contribution in [1.29, 1.82) is 0 Å². The van der Waals surface area contributed by atoms with Gasteiger partial charge in [-0.2, -0.15) is 0 Å². The first kappa shape index (κ1) is 16.1. The van der Waals surface area contributed by atoms with Crippen LogP contribution in [0.4, 0.5) is 11.4 Å². The molecule has 0 saturated carbocycles. The van der Waals surface area contributed by atoms with Gasteiger partial charge >= 0.3 is 0 Å². The van der Waals surface area contributed by atoms with Crippen molar-refractivity contribution in [3.8, 4) is 5.75 Å². The molecule has 0 atom stereocenters. The van der Waals surface area contributed by atoms with Crippen LogP contribution < -0.4 is 15.0 Å². The average Bonchev–Trinajstić information content (AvgIpc) is 2.63. The second-order valence-electron chi connectivity index (χ2n) is 5.73. The van der Waals surface area contributed by atoms with E-state index in [0.717, 1.165) is 25.1 Å². The van der Waals surface area contributed by atoms with Gasteiger partial charge in [0, 0.05) is 29.9 Å². The molecule has 2 aromatic carbocycles. The Balaban J connectivity index is 1.67. The van der Waals surface area contributed by atoms with E-state index in [-0.39, 0.29) is 11.8 Å². The van der Waals surface area contributed by atoms with Gasteiger partial charge in [0.1, 0.15) is 5.75 Å². The molecule has 5 heteroatoms. The summed E-state index contributed by atoms with van der Waals surface area (Å²) in [5.41, 5.74) is 2.14. The summed E-state index contributed by atoms with van der Waals surface area (Å²) in [4.78, 5) is 26.0. The van der Waals surface area contributed by atoms with Crippen LogP contribution in [0.2, 0.25) is 0 Å². The number of carbonyl (C=O) groups is 2. The van der Waals surface area contributed by atoms with Gasteiger partial charge in [0.15, 0.2) is 0 Å². The third-order valence-corrected chi connectivity index (χ3v) is 4.11. The second kappa shape index (κ2) is 7.17. The molecule has 1 aliphatic heterocycles. The molecular weight excluding hydrogens is 304 g/mol. The highest BCUT2D eigenvalue weighted by Crippen LogP contribution is 2.23. The Morgan fingerprint density at radius 2 is 1.75 bits per heavy atom. The van der Waals surface area contributed by atoms with Gasteiger partial charge in [-0.05, 0) is 61.4 Å². The fourth-order valence-electron chi connectivity index (χ4n) is 2.75. The van der Waals surface area contributed by atoms with Gasteiger partial charge in [-0.3, -0.25) is 9.59 Å². The highest BCUT2D eigenvalue weighted by atomic mass is 16.5. The number of amides is 2. The smallest absolute Gasteiger partial charge is 0.255 e. The van der Waals surface area contributed by atoms with Gasteiger partial charge in [0.2, 0.25) is 5.91 Å². The first-order chi connectivity index (χ1) is 11.7. The molecule has 24 heavy (non-hydrogen) atoms. The van der Waals surface area contributed by atoms with Gasteiger partial charge in [-0.15, -0.1) is 0 Å². The first-order valence-corrected chi connectivity index (χ1v) is 8.03. The minimum Gasteiger partial charge on any atom is -0.497 e. The van der Waals surface area contributed by atoms with Crippen molar-refractivity contribution in [2.24, 2.45) is 0 Å². The average molecular weight is 324 g/mol. The SMILES string of the molecule is COc1ccc(C(=O)Nc2ccc(N3CCCCC3=O)cc2)cc1. The van der Waals surface area contributed by atoms with Crippen LogP contribution in [0.3, 0.4) is 0 Å². The molecule has 124 valence electrons. The molecule has 3 rings (SSSR count). The quantitative estimate of drug-likeness (QED) is 0.937. The lowest BCUT2D eigenvalue weighted by Crippen LogP contribution is -2.35. The Labute approximate surface area is 141 Å². The van der Waals surface area contributed by atoms with Crippen molar-refractivity contribution in [3.05, 3.63) is 54.1 Å². The molecule has 1 heterocycles. The lowest BCUT2D eigenvalue weighted by atomic mass is 10.1. The van der Waals surface area contributed by atoms with Gasteiger partial charge in [0.25, 0.3) is 5.91 Å². The number of carbonyl (C=O) groups excluding carboxylic acids is 2. The largest absolute Gasteiger partial charge is 0.497 e. The predicted octanol–water partition coefficient (Wildman–Crippen LogP) is 3.46. The molecule has 1 N–H and O–H groups in total. The molecule has 0 aliphatic carbocycles. The fraction of sp³-hybridized carbons (Fsp3) is 0.263. The monoisotopic (exact) mass is 324 g/mol. The van der Waals surface area contributed by atoms with Crippen LogP contribution in [0.15, 0.2) is 48.5 Å². The molecule has 1 saturated heterocycles. The normalized spacial score (nSPS) is 14.4. The van der Waals surface area contributed by atoms with Crippen LogP contribution in [0.25, 0.3) is 0 Å². The lowest BCUT2D eigenvalue weighted by Gasteiger charge is -2.26. The van der Waals surface area contributed by atoms with Crippen molar-refractivity contribution in [2.75, 3.05) is 23.9 Å². The van der Waals surface area contributed by atoms with Gasteiger partial charge in [-0.25, -0.2) is 0 Å². The third-order valence-electron chi connectivity index (χ3n) is 4.11. The van der Waals surface area contributed by atoms with E-state index in [1.807, 2.05) is 24.3 Å². The maximum absolute atomic E-state index is 12.2. The minimum absolute atomic E-state index is 0.163. The minimum atomic E-state index is -0.181. The summed E-state index contributed by atoms with van der Waals surface area (Å²) in [5, 5.41) is 2.85. The second-order valence-corrected chi connectivity index (χ2v) is 5.73. The molecule has 0 bridgehead atoms. The van der Waals surface area contributed by atoms with E-state index in [1.54, 1.807) is 36.3 Å². The van der Waals surface area contributed by atoms with Crippen molar-refractivity contribution < 1.29 is 14.3 Å². The van der Waals surface area contributed by atoms with E-state index in [9.17, 15) is 9.59 Å². The van der Waals surface area contributed by atoms with E-state index < -0.39 is 0 Å². The molecule has 1 fully saturated rings. The Hall–Kier alpha value is -2.82. The Bertz CT molecular complexity index is 723. The third kappa shape index (κ3) is 3.56. The summed E-state index contributed by atoms with van der Waals surface area (Å²) < 4.78 is 5.08. The number of hydrogen-bond acceptors (Lipinski definition) is 3. The van der Waals surface area contributed by atoms with E-state index in [0.29, 0.717) is 23.4 Å². The van der Waals surface area contributed by atoms with Crippen LogP contribution in [0.5, 0.6) is 5.75 Å². The molecule has 2 aromatic rings. The topological polar surface area (TPSA) is 58.6 Å². The molecule has 0 aromatic heterocycles. The van der Waals surface area contributed by atoms with Crippen LogP contribution >= 0.6 is 0 Å². The summed E-state index contributed by atoms with van der Waals surface area (Å²) in [6, 6.07) is 14.3. The number of nitrogens with zero attached hydrogens (tertiary/aromatic N) is 1. The molecule has 5 nitrogen and oxygen atoms in total. The molecular formula is C19H20N2O3. The number of rotatable bonds is 4. The van der Waals surface area contributed by atoms with Crippen LogP contribution in [-0.4, -0.2) is 25.5 Å². The van der Waals surface area contributed by atoms with E-state index in [1.165, 1.54) is 0 Å². The number of ether oxygens (including phenoxy) is 1. The number of anilines is 2. The Kier molecular flexibility index (Phi) is 4.79. The summed E-state index contributed by atoms with van der Waals surface area (Å²) in [7, 11) is 1.59. The number of nitrogens with one attached hydrogen (secondary N) is 1. The number of methoxy groups -OCH3 is 1. The van der Waals surface area contributed by atoms with Crippen molar-refractivity contribution in [1.82, 2.24) is 0 Å². The van der Waals surface area contributed by atoms with Gasteiger partial charge in [-0.1, -0.05) is 0 Å².